The van der Waals surface area contributed by atoms with Crippen molar-refractivity contribution in [1.82, 2.24) is 5.32 Å². The number of methoxy groups -OCH3 is 1. The first-order valence-corrected chi connectivity index (χ1v) is 7.29. The van der Waals surface area contributed by atoms with Crippen LogP contribution in [0.5, 0.6) is 11.5 Å². The van der Waals surface area contributed by atoms with Gasteiger partial charge in [0.25, 0.3) is 5.91 Å². The Kier molecular flexibility index (Phi) is 8.20. The maximum Gasteiger partial charge on any atom is 0.305 e. The van der Waals surface area contributed by atoms with Crippen molar-refractivity contribution < 1.29 is 28.6 Å². The molecule has 1 rings (SSSR count). The Hall–Kier alpha value is -2.57. The van der Waals surface area contributed by atoms with Gasteiger partial charge in [-0.2, -0.15) is 0 Å². The van der Waals surface area contributed by atoms with E-state index in [4.69, 9.17) is 9.47 Å². The number of rotatable bonds is 10. The molecule has 1 amide bonds. The van der Waals surface area contributed by atoms with Crippen LogP contribution in [0.15, 0.2) is 18.2 Å². The van der Waals surface area contributed by atoms with Gasteiger partial charge in [-0.15, -0.1) is 0 Å². The number of hydrogen-bond acceptors (Lipinski definition) is 6. The zero-order chi connectivity index (χ0) is 17.1. The number of hydrogen-bond donors (Lipinski definition) is 1. The third-order valence-corrected chi connectivity index (χ3v) is 2.87. The van der Waals surface area contributed by atoms with E-state index in [2.05, 4.69) is 10.1 Å². The Morgan fingerprint density at radius 2 is 2.00 bits per heavy atom. The minimum Gasteiger partial charge on any atom is -0.490 e. The molecule has 0 aliphatic carbocycles. The van der Waals surface area contributed by atoms with Crippen molar-refractivity contribution in [3.8, 4) is 11.5 Å². The molecule has 0 heterocycles. The summed E-state index contributed by atoms with van der Waals surface area (Å²) in [6.07, 6.45) is 1.45. The van der Waals surface area contributed by atoms with Gasteiger partial charge in [0.1, 0.15) is 6.29 Å². The number of carbonyl (C=O) groups is 3. The van der Waals surface area contributed by atoms with E-state index in [9.17, 15) is 14.4 Å². The fraction of sp³-hybridized carbons (Fsp3) is 0.438. The summed E-state index contributed by atoms with van der Waals surface area (Å²) in [5.41, 5.74) is 0.466. The summed E-state index contributed by atoms with van der Waals surface area (Å²) >= 11 is 0. The largest absolute Gasteiger partial charge is 0.490 e. The van der Waals surface area contributed by atoms with E-state index >= 15 is 0 Å². The first kappa shape index (κ1) is 18.5. The Balaban J connectivity index is 2.43. The van der Waals surface area contributed by atoms with Crippen molar-refractivity contribution >= 4 is 18.2 Å². The third kappa shape index (κ3) is 6.82. The van der Waals surface area contributed by atoms with Crippen LogP contribution in [0.25, 0.3) is 0 Å². The molecule has 7 nitrogen and oxygen atoms in total. The van der Waals surface area contributed by atoms with Crippen LogP contribution in [0, 0.1) is 0 Å². The predicted molar refractivity (Wildman–Crippen MR) is 82.8 cm³/mol. The van der Waals surface area contributed by atoms with Crippen molar-refractivity contribution in [3.05, 3.63) is 23.8 Å². The molecule has 0 aliphatic rings. The van der Waals surface area contributed by atoms with Gasteiger partial charge >= 0.3 is 5.97 Å². The van der Waals surface area contributed by atoms with Gasteiger partial charge in [-0.25, -0.2) is 0 Å². The van der Waals surface area contributed by atoms with E-state index in [1.807, 2.05) is 6.92 Å². The molecule has 0 bridgehead atoms. The lowest BCUT2D eigenvalue weighted by atomic mass is 10.2. The van der Waals surface area contributed by atoms with Crippen LogP contribution >= 0.6 is 0 Å². The molecule has 0 unspecified atom stereocenters. The van der Waals surface area contributed by atoms with Crippen LogP contribution in [-0.4, -0.2) is 45.0 Å². The molecule has 126 valence electrons. The third-order valence-electron chi connectivity index (χ3n) is 2.87. The maximum atomic E-state index is 11.7. The summed E-state index contributed by atoms with van der Waals surface area (Å²) in [4.78, 5) is 33.4. The van der Waals surface area contributed by atoms with E-state index in [0.29, 0.717) is 42.9 Å². The summed E-state index contributed by atoms with van der Waals surface area (Å²) in [5, 5.41) is 2.64. The number of carbonyl (C=O) groups excluding carboxylic acids is 3. The molecule has 0 radical (unpaired) electrons. The average Bonchev–Trinajstić information content (AvgIpc) is 2.57. The maximum absolute atomic E-state index is 11.7. The highest BCUT2D eigenvalue weighted by molar-refractivity contribution is 5.78. The molecular formula is C16H21NO6. The molecule has 0 spiro atoms. The topological polar surface area (TPSA) is 90.9 Å². The molecular weight excluding hydrogens is 302 g/mol. The highest BCUT2D eigenvalue weighted by atomic mass is 16.5. The second-order valence-electron chi connectivity index (χ2n) is 4.58. The van der Waals surface area contributed by atoms with Gasteiger partial charge in [0.15, 0.2) is 18.1 Å². The molecule has 0 saturated heterocycles. The lowest BCUT2D eigenvalue weighted by molar-refractivity contribution is -0.140. The Morgan fingerprint density at radius 1 is 1.22 bits per heavy atom. The van der Waals surface area contributed by atoms with Crippen LogP contribution < -0.4 is 14.8 Å². The first-order valence-electron chi connectivity index (χ1n) is 7.29. The fourth-order valence-electron chi connectivity index (χ4n) is 1.74. The lowest BCUT2D eigenvalue weighted by Crippen LogP contribution is -2.30. The van der Waals surface area contributed by atoms with Crippen LogP contribution in [0.4, 0.5) is 0 Å². The van der Waals surface area contributed by atoms with Gasteiger partial charge in [0.05, 0.1) is 13.7 Å². The summed E-state index contributed by atoms with van der Waals surface area (Å²) in [6.45, 7) is 2.40. The Bertz CT molecular complexity index is 543. The number of ether oxygens (including phenoxy) is 3. The van der Waals surface area contributed by atoms with Crippen molar-refractivity contribution in [1.29, 1.82) is 0 Å². The molecule has 1 aromatic rings. The second-order valence-corrected chi connectivity index (χ2v) is 4.58. The molecule has 0 atom stereocenters. The molecule has 0 saturated carbocycles. The van der Waals surface area contributed by atoms with E-state index in [1.54, 1.807) is 18.2 Å². The Morgan fingerprint density at radius 3 is 2.65 bits per heavy atom. The van der Waals surface area contributed by atoms with Crippen molar-refractivity contribution in [2.24, 2.45) is 0 Å². The standard InChI is InChI=1S/C16H21NO6/c1-3-22-14-9-12(10-18)6-7-13(14)23-11-15(19)17-8-4-5-16(20)21-2/h6-7,9-10H,3-5,8,11H2,1-2H3,(H,17,19). The van der Waals surface area contributed by atoms with E-state index in [-0.39, 0.29) is 24.9 Å². The quantitative estimate of drug-likeness (QED) is 0.397. The molecule has 0 aromatic heterocycles. The number of amides is 1. The van der Waals surface area contributed by atoms with E-state index in [0.717, 1.165) is 0 Å². The van der Waals surface area contributed by atoms with Gasteiger partial charge in [-0.1, -0.05) is 0 Å². The first-order chi connectivity index (χ1) is 11.1. The zero-order valence-corrected chi connectivity index (χ0v) is 13.3. The second kappa shape index (κ2) is 10.2. The molecule has 23 heavy (non-hydrogen) atoms. The zero-order valence-electron chi connectivity index (χ0n) is 13.3. The average molecular weight is 323 g/mol. The van der Waals surface area contributed by atoms with Crippen LogP contribution in [0.3, 0.4) is 0 Å². The van der Waals surface area contributed by atoms with Crippen LogP contribution in [0.2, 0.25) is 0 Å². The molecule has 0 fully saturated rings. The molecule has 1 N–H and O–H groups in total. The minimum atomic E-state index is -0.313. The van der Waals surface area contributed by atoms with Crippen molar-refractivity contribution in [2.45, 2.75) is 19.8 Å². The monoisotopic (exact) mass is 323 g/mol. The molecule has 1 aromatic carbocycles. The molecule has 0 aliphatic heterocycles. The lowest BCUT2D eigenvalue weighted by Gasteiger charge is -2.12. The highest BCUT2D eigenvalue weighted by Gasteiger charge is 2.09. The van der Waals surface area contributed by atoms with Crippen molar-refractivity contribution in [2.75, 3.05) is 26.9 Å². The normalized spacial score (nSPS) is 9.83. The van der Waals surface area contributed by atoms with Crippen LogP contribution in [-0.2, 0) is 14.3 Å². The number of aldehydes is 1. The highest BCUT2D eigenvalue weighted by Crippen LogP contribution is 2.27. The van der Waals surface area contributed by atoms with E-state index < -0.39 is 0 Å². The van der Waals surface area contributed by atoms with E-state index in [1.165, 1.54) is 7.11 Å². The number of nitrogens with one attached hydrogen (secondary N) is 1. The fourth-order valence-corrected chi connectivity index (χ4v) is 1.74. The summed E-state index contributed by atoms with van der Waals surface area (Å²) in [7, 11) is 1.32. The van der Waals surface area contributed by atoms with Crippen molar-refractivity contribution in [3.63, 3.8) is 0 Å². The van der Waals surface area contributed by atoms with Gasteiger partial charge in [-0.3, -0.25) is 14.4 Å². The number of benzene rings is 1. The molecule has 7 heteroatoms. The van der Waals surface area contributed by atoms with Gasteiger partial charge in [0, 0.05) is 18.5 Å². The smallest absolute Gasteiger partial charge is 0.305 e. The SMILES string of the molecule is CCOc1cc(C=O)ccc1OCC(=O)NCCCC(=O)OC. The number of esters is 1. The summed E-state index contributed by atoms with van der Waals surface area (Å²) in [5.74, 6) is 0.182. The minimum absolute atomic E-state index is 0.182. The predicted octanol–water partition coefficient (Wildman–Crippen LogP) is 1.35. The summed E-state index contributed by atoms with van der Waals surface area (Å²) in [6, 6.07) is 4.72. The van der Waals surface area contributed by atoms with Crippen LogP contribution in [0.1, 0.15) is 30.1 Å². The summed E-state index contributed by atoms with van der Waals surface area (Å²) < 4.78 is 15.3. The van der Waals surface area contributed by atoms with Gasteiger partial charge in [-0.05, 0) is 31.5 Å². The van der Waals surface area contributed by atoms with Gasteiger partial charge in [0.2, 0.25) is 0 Å². The Labute approximate surface area is 134 Å². The van der Waals surface area contributed by atoms with Gasteiger partial charge < -0.3 is 19.5 Å².